The quantitative estimate of drug-likeness (QED) is 0.654. The second kappa shape index (κ2) is 5.69. The van der Waals surface area contributed by atoms with Gasteiger partial charge < -0.3 is 15.7 Å². The Bertz CT molecular complexity index is 918. The van der Waals surface area contributed by atoms with Gasteiger partial charge in [-0.25, -0.2) is 0 Å². The predicted octanol–water partition coefficient (Wildman–Crippen LogP) is 4.28. The molecule has 0 saturated heterocycles. The van der Waals surface area contributed by atoms with E-state index < -0.39 is 6.17 Å². The fourth-order valence-electron chi connectivity index (χ4n) is 2.96. The third-order valence-corrected chi connectivity index (χ3v) is 5.14. The number of para-hydroxylation sites is 1. The summed E-state index contributed by atoms with van der Waals surface area (Å²) in [6.45, 7) is 1.84. The maximum Gasteiger partial charge on any atom is 0.256 e. The Labute approximate surface area is 143 Å². The Morgan fingerprint density at radius 1 is 1.04 bits per heavy atom. The Kier molecular flexibility index (Phi) is 3.50. The van der Waals surface area contributed by atoms with Crippen molar-refractivity contribution in [1.29, 1.82) is 0 Å². The van der Waals surface area contributed by atoms with E-state index in [2.05, 4.69) is 10.6 Å². The number of amides is 1. The van der Waals surface area contributed by atoms with Crippen molar-refractivity contribution in [2.45, 2.75) is 13.1 Å². The molecule has 2 aromatic carbocycles. The molecule has 1 amide bonds. The van der Waals surface area contributed by atoms with Crippen LogP contribution >= 0.6 is 11.3 Å². The minimum atomic E-state index is -0.438. The lowest BCUT2D eigenvalue weighted by Gasteiger charge is -2.27. The van der Waals surface area contributed by atoms with Gasteiger partial charge in [0.25, 0.3) is 5.91 Å². The second-order valence-corrected chi connectivity index (χ2v) is 6.66. The van der Waals surface area contributed by atoms with Gasteiger partial charge in [0.05, 0.1) is 5.56 Å². The summed E-state index contributed by atoms with van der Waals surface area (Å²) in [5.41, 5.74) is 4.06. The lowest BCUT2D eigenvalue weighted by Crippen LogP contribution is -2.38. The van der Waals surface area contributed by atoms with Gasteiger partial charge in [0, 0.05) is 16.5 Å². The van der Waals surface area contributed by atoms with Crippen LogP contribution in [0.3, 0.4) is 0 Å². The van der Waals surface area contributed by atoms with Crippen molar-refractivity contribution in [3.05, 3.63) is 70.6 Å². The third-order valence-electron chi connectivity index (χ3n) is 4.23. The first-order valence-corrected chi connectivity index (χ1v) is 8.56. The van der Waals surface area contributed by atoms with E-state index in [1.54, 1.807) is 0 Å². The summed E-state index contributed by atoms with van der Waals surface area (Å²) in [6.07, 6.45) is -0.438. The molecule has 0 fully saturated rings. The molecule has 1 aliphatic heterocycles. The molecule has 0 unspecified atom stereocenters. The van der Waals surface area contributed by atoms with E-state index >= 15 is 0 Å². The maximum absolute atomic E-state index is 12.7. The first-order valence-electron chi connectivity index (χ1n) is 7.68. The van der Waals surface area contributed by atoms with Crippen LogP contribution in [0.15, 0.2) is 53.9 Å². The molecule has 3 N–H and O–H groups in total. The molecule has 4 nitrogen and oxygen atoms in total. The zero-order valence-corrected chi connectivity index (χ0v) is 13.9. The summed E-state index contributed by atoms with van der Waals surface area (Å²) in [6, 6.07) is 15.4. The van der Waals surface area contributed by atoms with E-state index in [1.807, 2.05) is 60.8 Å². The number of nitrogens with one attached hydrogen (secondary N) is 2. The summed E-state index contributed by atoms with van der Waals surface area (Å²) in [5, 5.41) is 19.4. The zero-order chi connectivity index (χ0) is 16.7. The van der Waals surface area contributed by atoms with Gasteiger partial charge in [-0.2, -0.15) is 0 Å². The zero-order valence-electron chi connectivity index (χ0n) is 13.0. The molecular formula is C19H16N2O2S. The predicted molar refractivity (Wildman–Crippen MR) is 96.4 cm³/mol. The van der Waals surface area contributed by atoms with Crippen molar-refractivity contribution in [3.63, 3.8) is 0 Å². The van der Waals surface area contributed by atoms with E-state index in [4.69, 9.17) is 0 Å². The normalized spacial score (nSPS) is 16.2. The number of hydrogen-bond acceptors (Lipinski definition) is 4. The number of phenolic OH excluding ortho intramolecular Hbond substituents is 1. The first-order chi connectivity index (χ1) is 11.6. The van der Waals surface area contributed by atoms with Crippen LogP contribution in [0.25, 0.3) is 11.1 Å². The number of phenols is 1. The number of hydrogen-bond donors (Lipinski definition) is 3. The van der Waals surface area contributed by atoms with Crippen LogP contribution < -0.4 is 10.6 Å². The van der Waals surface area contributed by atoms with Crippen LogP contribution in [0.5, 0.6) is 5.75 Å². The van der Waals surface area contributed by atoms with Gasteiger partial charge in [0.2, 0.25) is 0 Å². The molecule has 1 aromatic heterocycles. The number of carbonyl (C=O) groups is 1. The van der Waals surface area contributed by atoms with E-state index in [1.165, 1.54) is 11.3 Å². The number of anilines is 1. The van der Waals surface area contributed by atoms with Gasteiger partial charge in [-0.15, -0.1) is 11.3 Å². The number of benzene rings is 2. The van der Waals surface area contributed by atoms with E-state index in [-0.39, 0.29) is 11.7 Å². The van der Waals surface area contributed by atoms with Crippen molar-refractivity contribution in [2.75, 3.05) is 5.32 Å². The number of aromatic hydroxyl groups is 1. The standard InChI is InChI=1S/C19H16N2O2S/c1-11-6-5-9-13(16(11)22)17-20-18(23)15-14(10-24-19(15)21-17)12-7-3-2-4-8-12/h2-10,17,21-22H,1H3,(H,20,23)/t17-/m1/s1. The molecule has 1 atom stereocenters. The summed E-state index contributed by atoms with van der Waals surface area (Å²) in [7, 11) is 0. The fraction of sp³-hybridized carbons (Fsp3) is 0.105. The molecule has 0 radical (unpaired) electrons. The largest absolute Gasteiger partial charge is 0.507 e. The molecule has 5 heteroatoms. The van der Waals surface area contributed by atoms with Gasteiger partial charge >= 0.3 is 0 Å². The van der Waals surface area contributed by atoms with Gasteiger partial charge in [-0.05, 0) is 18.1 Å². The third kappa shape index (κ3) is 2.34. The first kappa shape index (κ1) is 14.8. The van der Waals surface area contributed by atoms with Gasteiger partial charge in [0.1, 0.15) is 16.9 Å². The van der Waals surface area contributed by atoms with Crippen LogP contribution in [-0.2, 0) is 0 Å². The van der Waals surface area contributed by atoms with Crippen molar-refractivity contribution < 1.29 is 9.90 Å². The summed E-state index contributed by atoms with van der Waals surface area (Å²) in [5.74, 6) is 0.0772. The average molecular weight is 336 g/mol. The van der Waals surface area contributed by atoms with Gasteiger partial charge in [-0.1, -0.05) is 48.5 Å². The molecule has 0 saturated carbocycles. The molecular weight excluding hydrogens is 320 g/mol. The van der Waals surface area contributed by atoms with Crippen molar-refractivity contribution in [2.24, 2.45) is 0 Å². The lowest BCUT2D eigenvalue weighted by atomic mass is 10.0. The highest BCUT2D eigenvalue weighted by molar-refractivity contribution is 7.15. The smallest absolute Gasteiger partial charge is 0.256 e. The lowest BCUT2D eigenvalue weighted by molar-refractivity contribution is 0.0937. The number of thiophene rings is 1. The fourth-order valence-corrected chi connectivity index (χ4v) is 3.96. The Hall–Kier alpha value is -2.79. The topological polar surface area (TPSA) is 61.4 Å². The van der Waals surface area contributed by atoms with Crippen molar-refractivity contribution in [3.8, 4) is 16.9 Å². The highest BCUT2D eigenvalue weighted by Crippen LogP contribution is 2.40. The highest BCUT2D eigenvalue weighted by Gasteiger charge is 2.30. The number of aryl methyl sites for hydroxylation is 1. The number of carbonyl (C=O) groups excluding carboxylic acids is 1. The molecule has 0 aliphatic carbocycles. The average Bonchev–Trinajstić information content (AvgIpc) is 3.03. The monoisotopic (exact) mass is 336 g/mol. The van der Waals surface area contributed by atoms with Crippen LogP contribution in [0.2, 0.25) is 0 Å². The molecule has 120 valence electrons. The minimum absolute atomic E-state index is 0.130. The van der Waals surface area contributed by atoms with Crippen LogP contribution in [0, 0.1) is 6.92 Å². The van der Waals surface area contributed by atoms with Crippen molar-refractivity contribution >= 4 is 22.2 Å². The molecule has 2 heterocycles. The minimum Gasteiger partial charge on any atom is -0.507 e. The van der Waals surface area contributed by atoms with Crippen LogP contribution in [0.1, 0.15) is 27.7 Å². The van der Waals surface area contributed by atoms with Gasteiger partial charge in [0.15, 0.2) is 0 Å². The maximum atomic E-state index is 12.7. The van der Waals surface area contributed by atoms with E-state index in [9.17, 15) is 9.90 Å². The summed E-state index contributed by atoms with van der Waals surface area (Å²) in [4.78, 5) is 12.7. The van der Waals surface area contributed by atoms with Crippen LogP contribution in [0.4, 0.5) is 5.00 Å². The van der Waals surface area contributed by atoms with Crippen LogP contribution in [-0.4, -0.2) is 11.0 Å². The summed E-state index contributed by atoms with van der Waals surface area (Å²) >= 11 is 1.51. The van der Waals surface area contributed by atoms with Crippen molar-refractivity contribution in [1.82, 2.24) is 5.32 Å². The second-order valence-electron chi connectivity index (χ2n) is 5.78. The van der Waals surface area contributed by atoms with E-state index in [0.29, 0.717) is 11.1 Å². The highest BCUT2D eigenvalue weighted by atomic mass is 32.1. The Morgan fingerprint density at radius 2 is 1.83 bits per heavy atom. The molecule has 24 heavy (non-hydrogen) atoms. The van der Waals surface area contributed by atoms with Gasteiger partial charge in [-0.3, -0.25) is 4.79 Å². The molecule has 4 rings (SSSR count). The Balaban J connectivity index is 1.74. The molecule has 0 bridgehead atoms. The molecule has 0 spiro atoms. The number of fused-ring (bicyclic) bond motifs is 1. The summed E-state index contributed by atoms with van der Waals surface area (Å²) < 4.78 is 0. The Morgan fingerprint density at radius 3 is 2.62 bits per heavy atom. The molecule has 3 aromatic rings. The molecule has 1 aliphatic rings. The van der Waals surface area contributed by atoms with E-state index in [0.717, 1.165) is 21.7 Å². The number of rotatable bonds is 2. The SMILES string of the molecule is Cc1cccc([C@@H]2NC(=O)c3c(-c4ccccc4)csc3N2)c1O.